The zero-order valence-electron chi connectivity index (χ0n) is 6.66. The zero-order chi connectivity index (χ0) is 8.10. The van der Waals surface area contributed by atoms with Crippen LogP contribution in [0, 0.1) is 17.2 Å². The highest BCUT2D eigenvalue weighted by Gasteiger charge is 2.20. The summed E-state index contributed by atoms with van der Waals surface area (Å²) in [5.41, 5.74) is 0. The van der Waals surface area contributed by atoms with Gasteiger partial charge in [0.05, 0.1) is 12.0 Å². The summed E-state index contributed by atoms with van der Waals surface area (Å²) in [6.45, 7) is 3.12. The summed E-state index contributed by atoms with van der Waals surface area (Å²) >= 11 is 0. The molecule has 1 N–H and O–H groups in total. The topological polar surface area (TPSA) is 47.3 Å². The average molecular weight is 154 g/mol. The Hall–Kier alpha value is -0.590. The lowest BCUT2D eigenvalue weighted by atomic mass is 10.1. The number of rotatable bonds is 3. The van der Waals surface area contributed by atoms with Gasteiger partial charge in [-0.3, -0.25) is 0 Å². The fraction of sp³-hybridized carbons (Fsp3) is 0.875. The minimum atomic E-state index is 0.230. The van der Waals surface area contributed by atoms with Crippen molar-refractivity contribution in [1.82, 2.24) is 4.90 Å². The molecule has 0 aliphatic carbocycles. The summed E-state index contributed by atoms with van der Waals surface area (Å²) in [6.07, 6.45) is 1.83. The fourth-order valence-corrected chi connectivity index (χ4v) is 1.44. The molecule has 62 valence electrons. The highest BCUT2D eigenvalue weighted by Crippen LogP contribution is 2.14. The van der Waals surface area contributed by atoms with Gasteiger partial charge in [0.15, 0.2) is 0 Å². The van der Waals surface area contributed by atoms with E-state index in [1.54, 1.807) is 0 Å². The van der Waals surface area contributed by atoms with Crippen molar-refractivity contribution < 1.29 is 5.11 Å². The molecule has 0 radical (unpaired) electrons. The van der Waals surface area contributed by atoms with Crippen LogP contribution in [-0.2, 0) is 0 Å². The second-order valence-corrected chi connectivity index (χ2v) is 2.99. The number of nitrogens with zero attached hydrogens (tertiary/aromatic N) is 2. The summed E-state index contributed by atoms with van der Waals surface area (Å²) in [5.74, 6) is 0.230. The molecule has 1 heterocycles. The van der Waals surface area contributed by atoms with Gasteiger partial charge in [0.1, 0.15) is 0 Å². The van der Waals surface area contributed by atoms with E-state index in [1.165, 1.54) is 0 Å². The van der Waals surface area contributed by atoms with E-state index in [0.717, 1.165) is 32.5 Å². The third-order valence-electron chi connectivity index (χ3n) is 2.09. The van der Waals surface area contributed by atoms with E-state index >= 15 is 0 Å². The molecule has 1 aliphatic rings. The normalized spacial score (nSPS) is 25.3. The van der Waals surface area contributed by atoms with Crippen molar-refractivity contribution in [3.63, 3.8) is 0 Å². The number of aliphatic hydroxyl groups excluding tert-OH is 1. The van der Waals surface area contributed by atoms with Gasteiger partial charge < -0.3 is 10.0 Å². The molecule has 0 aromatic heterocycles. The highest BCUT2D eigenvalue weighted by molar-refractivity contribution is 4.90. The predicted octanol–water partition coefficient (Wildman–Crippen LogP) is 0.214. The van der Waals surface area contributed by atoms with E-state index in [2.05, 4.69) is 11.0 Å². The monoisotopic (exact) mass is 154 g/mol. The smallest absolute Gasteiger partial charge is 0.0669 e. The molecule has 1 aliphatic heterocycles. The summed E-state index contributed by atoms with van der Waals surface area (Å²) < 4.78 is 0. The zero-order valence-corrected chi connectivity index (χ0v) is 6.66. The predicted molar refractivity (Wildman–Crippen MR) is 41.9 cm³/mol. The van der Waals surface area contributed by atoms with Gasteiger partial charge in [0.25, 0.3) is 0 Å². The van der Waals surface area contributed by atoms with Gasteiger partial charge in [-0.15, -0.1) is 0 Å². The third kappa shape index (κ3) is 2.49. The molecule has 0 spiro atoms. The summed E-state index contributed by atoms with van der Waals surface area (Å²) in [7, 11) is 0. The van der Waals surface area contributed by atoms with Crippen molar-refractivity contribution >= 4 is 0 Å². The standard InChI is InChI=1S/C8H14N2O/c9-6-8-2-4-10(7-8)3-1-5-11/h8,11H,1-5,7H2/t8-/m1/s1. The highest BCUT2D eigenvalue weighted by atomic mass is 16.3. The van der Waals surface area contributed by atoms with Crippen LogP contribution in [0.2, 0.25) is 0 Å². The first kappa shape index (κ1) is 8.51. The van der Waals surface area contributed by atoms with Crippen LogP contribution in [0.15, 0.2) is 0 Å². The Kier molecular flexibility index (Phi) is 3.34. The maximum Gasteiger partial charge on any atom is 0.0669 e. The first-order valence-electron chi connectivity index (χ1n) is 4.09. The Morgan fingerprint density at radius 1 is 1.64 bits per heavy atom. The van der Waals surface area contributed by atoms with Gasteiger partial charge in [-0.2, -0.15) is 5.26 Å². The summed E-state index contributed by atoms with van der Waals surface area (Å²) in [4.78, 5) is 2.24. The van der Waals surface area contributed by atoms with Crippen LogP contribution in [-0.4, -0.2) is 36.2 Å². The van der Waals surface area contributed by atoms with Crippen LogP contribution in [0.4, 0.5) is 0 Å². The molecular formula is C8H14N2O. The van der Waals surface area contributed by atoms with Crippen LogP contribution >= 0.6 is 0 Å². The lowest BCUT2D eigenvalue weighted by Crippen LogP contribution is -2.22. The largest absolute Gasteiger partial charge is 0.396 e. The van der Waals surface area contributed by atoms with Crippen molar-refractivity contribution in [3.05, 3.63) is 0 Å². The molecule has 0 saturated carbocycles. The number of aliphatic hydroxyl groups is 1. The SMILES string of the molecule is N#C[C@H]1CCN(CCCO)C1. The Bertz CT molecular complexity index is 153. The van der Waals surface area contributed by atoms with Crippen LogP contribution in [0.25, 0.3) is 0 Å². The molecule has 1 saturated heterocycles. The van der Waals surface area contributed by atoms with Crippen molar-refractivity contribution in [2.24, 2.45) is 5.92 Å². The van der Waals surface area contributed by atoms with Gasteiger partial charge in [0, 0.05) is 19.7 Å². The van der Waals surface area contributed by atoms with Crippen molar-refractivity contribution in [2.75, 3.05) is 26.2 Å². The van der Waals surface area contributed by atoms with Crippen LogP contribution < -0.4 is 0 Å². The maximum atomic E-state index is 8.58. The molecular weight excluding hydrogens is 140 g/mol. The van der Waals surface area contributed by atoms with Crippen LogP contribution in [0.1, 0.15) is 12.8 Å². The molecule has 0 unspecified atom stereocenters. The second-order valence-electron chi connectivity index (χ2n) is 2.99. The number of nitriles is 1. The first-order chi connectivity index (χ1) is 5.36. The Morgan fingerprint density at radius 2 is 2.45 bits per heavy atom. The molecule has 0 bridgehead atoms. The summed E-state index contributed by atoms with van der Waals surface area (Å²) in [5, 5.41) is 17.1. The van der Waals surface area contributed by atoms with Crippen molar-refractivity contribution in [2.45, 2.75) is 12.8 Å². The Labute approximate surface area is 67.2 Å². The van der Waals surface area contributed by atoms with Gasteiger partial charge in [-0.05, 0) is 19.4 Å². The molecule has 1 rings (SSSR count). The quantitative estimate of drug-likeness (QED) is 0.632. The molecule has 3 heteroatoms. The first-order valence-corrected chi connectivity index (χ1v) is 4.09. The Balaban J connectivity index is 2.15. The molecule has 0 aromatic carbocycles. The molecule has 1 fully saturated rings. The van der Waals surface area contributed by atoms with Crippen LogP contribution in [0.3, 0.4) is 0 Å². The van der Waals surface area contributed by atoms with Gasteiger partial charge >= 0.3 is 0 Å². The van der Waals surface area contributed by atoms with E-state index in [4.69, 9.17) is 10.4 Å². The molecule has 11 heavy (non-hydrogen) atoms. The molecule has 0 aromatic rings. The van der Waals surface area contributed by atoms with E-state index in [9.17, 15) is 0 Å². The fourth-order valence-electron chi connectivity index (χ4n) is 1.44. The van der Waals surface area contributed by atoms with Crippen LogP contribution in [0.5, 0.6) is 0 Å². The molecule has 1 atom stereocenters. The van der Waals surface area contributed by atoms with Crippen molar-refractivity contribution in [1.29, 1.82) is 5.26 Å². The average Bonchev–Trinajstić information content (AvgIpc) is 2.48. The number of hydrogen-bond acceptors (Lipinski definition) is 3. The van der Waals surface area contributed by atoms with E-state index in [1.807, 2.05) is 0 Å². The van der Waals surface area contributed by atoms with Crippen molar-refractivity contribution in [3.8, 4) is 6.07 Å². The number of hydrogen-bond donors (Lipinski definition) is 1. The van der Waals surface area contributed by atoms with E-state index < -0.39 is 0 Å². The Morgan fingerprint density at radius 3 is 3.00 bits per heavy atom. The second kappa shape index (κ2) is 4.32. The van der Waals surface area contributed by atoms with Gasteiger partial charge in [-0.25, -0.2) is 0 Å². The van der Waals surface area contributed by atoms with E-state index in [0.29, 0.717) is 0 Å². The lowest BCUT2D eigenvalue weighted by molar-refractivity contribution is 0.246. The van der Waals surface area contributed by atoms with Gasteiger partial charge in [-0.1, -0.05) is 0 Å². The number of likely N-dealkylation sites (tertiary alicyclic amines) is 1. The van der Waals surface area contributed by atoms with E-state index in [-0.39, 0.29) is 12.5 Å². The third-order valence-corrected chi connectivity index (χ3v) is 2.09. The molecule has 0 amide bonds. The minimum Gasteiger partial charge on any atom is -0.396 e. The maximum absolute atomic E-state index is 8.58. The lowest BCUT2D eigenvalue weighted by Gasteiger charge is -2.12. The molecule has 3 nitrogen and oxygen atoms in total. The summed E-state index contributed by atoms with van der Waals surface area (Å²) in [6, 6.07) is 2.27. The minimum absolute atomic E-state index is 0.230. The van der Waals surface area contributed by atoms with Gasteiger partial charge in [0.2, 0.25) is 0 Å².